The number of nitrogens with one attached hydrogen (secondary N) is 1. The SMILES string of the molecule is Cc1ccc(Br)c(NC(=O)C(=O)N2CCC(O)CC2)c1. The molecule has 1 aromatic rings. The summed E-state index contributed by atoms with van der Waals surface area (Å²) in [5.41, 5.74) is 1.58. The molecule has 0 aliphatic carbocycles. The topological polar surface area (TPSA) is 69.6 Å². The van der Waals surface area contributed by atoms with Crippen molar-refractivity contribution >= 4 is 33.4 Å². The molecule has 0 bridgehead atoms. The molecule has 0 saturated carbocycles. The molecule has 2 amide bonds. The van der Waals surface area contributed by atoms with Gasteiger partial charge in [0.05, 0.1) is 11.8 Å². The molecule has 108 valence electrons. The van der Waals surface area contributed by atoms with Crippen molar-refractivity contribution < 1.29 is 14.7 Å². The molecule has 0 spiro atoms. The molecule has 2 rings (SSSR count). The second kappa shape index (κ2) is 6.37. The zero-order valence-electron chi connectivity index (χ0n) is 11.2. The first kappa shape index (κ1) is 15.0. The van der Waals surface area contributed by atoms with E-state index in [0.717, 1.165) is 10.0 Å². The van der Waals surface area contributed by atoms with Crippen LogP contribution in [0.5, 0.6) is 0 Å². The van der Waals surface area contributed by atoms with E-state index in [1.54, 1.807) is 6.07 Å². The second-order valence-electron chi connectivity index (χ2n) is 4.96. The number of halogens is 1. The van der Waals surface area contributed by atoms with Gasteiger partial charge in [-0.25, -0.2) is 0 Å². The third-order valence-electron chi connectivity index (χ3n) is 3.32. The van der Waals surface area contributed by atoms with Gasteiger partial charge in [0.2, 0.25) is 0 Å². The van der Waals surface area contributed by atoms with Crippen LogP contribution in [0.15, 0.2) is 22.7 Å². The normalized spacial score (nSPS) is 16.1. The predicted molar refractivity (Wildman–Crippen MR) is 79.3 cm³/mol. The molecule has 1 heterocycles. The van der Waals surface area contributed by atoms with Gasteiger partial charge in [-0.15, -0.1) is 0 Å². The van der Waals surface area contributed by atoms with Gasteiger partial charge in [0, 0.05) is 17.6 Å². The number of aryl methyl sites for hydroxylation is 1. The number of hydrogen-bond acceptors (Lipinski definition) is 3. The average molecular weight is 341 g/mol. The summed E-state index contributed by atoms with van der Waals surface area (Å²) in [6, 6.07) is 5.54. The van der Waals surface area contributed by atoms with Crippen LogP contribution < -0.4 is 5.32 Å². The minimum atomic E-state index is -0.646. The third kappa shape index (κ3) is 3.58. The number of nitrogens with zero attached hydrogens (tertiary/aromatic N) is 1. The van der Waals surface area contributed by atoms with Crippen molar-refractivity contribution in [1.29, 1.82) is 0 Å². The molecule has 1 aromatic carbocycles. The average Bonchev–Trinajstić information content (AvgIpc) is 2.43. The fraction of sp³-hybridized carbons (Fsp3) is 0.429. The first-order valence-electron chi connectivity index (χ1n) is 6.52. The third-order valence-corrected chi connectivity index (χ3v) is 4.01. The molecule has 1 aliphatic heterocycles. The highest BCUT2D eigenvalue weighted by Gasteiger charge is 2.26. The Labute approximate surface area is 126 Å². The van der Waals surface area contributed by atoms with Gasteiger partial charge < -0.3 is 15.3 Å². The van der Waals surface area contributed by atoms with Crippen LogP contribution in [0.2, 0.25) is 0 Å². The highest BCUT2D eigenvalue weighted by molar-refractivity contribution is 9.10. The lowest BCUT2D eigenvalue weighted by atomic mass is 10.1. The molecule has 0 unspecified atom stereocenters. The summed E-state index contributed by atoms with van der Waals surface area (Å²) in [5, 5.41) is 12.0. The van der Waals surface area contributed by atoms with Gasteiger partial charge in [0.1, 0.15) is 0 Å². The summed E-state index contributed by atoms with van der Waals surface area (Å²) in [6.07, 6.45) is 0.674. The van der Waals surface area contributed by atoms with Crippen LogP contribution >= 0.6 is 15.9 Å². The van der Waals surface area contributed by atoms with Gasteiger partial charge >= 0.3 is 11.8 Å². The van der Waals surface area contributed by atoms with Crippen LogP contribution in [0.1, 0.15) is 18.4 Å². The molecule has 0 atom stereocenters. The molecule has 1 saturated heterocycles. The zero-order valence-corrected chi connectivity index (χ0v) is 12.8. The highest BCUT2D eigenvalue weighted by Crippen LogP contribution is 2.23. The molecule has 0 aromatic heterocycles. The van der Waals surface area contributed by atoms with Gasteiger partial charge in [-0.2, -0.15) is 0 Å². The van der Waals surface area contributed by atoms with Crippen LogP contribution in [0.25, 0.3) is 0 Å². The van der Waals surface area contributed by atoms with E-state index in [9.17, 15) is 14.7 Å². The van der Waals surface area contributed by atoms with E-state index in [1.807, 2.05) is 19.1 Å². The zero-order chi connectivity index (χ0) is 14.7. The number of carbonyl (C=O) groups excluding carboxylic acids is 2. The van der Waals surface area contributed by atoms with Gasteiger partial charge in [-0.1, -0.05) is 6.07 Å². The highest BCUT2D eigenvalue weighted by atomic mass is 79.9. The smallest absolute Gasteiger partial charge is 0.313 e. The Hall–Kier alpha value is -1.40. The van der Waals surface area contributed by atoms with Crippen molar-refractivity contribution in [2.24, 2.45) is 0 Å². The number of piperidine rings is 1. The van der Waals surface area contributed by atoms with Gasteiger partial charge in [-0.3, -0.25) is 9.59 Å². The minimum Gasteiger partial charge on any atom is -0.393 e. The molecule has 5 nitrogen and oxygen atoms in total. The maximum atomic E-state index is 12.0. The number of aliphatic hydroxyl groups is 1. The van der Waals surface area contributed by atoms with Crippen LogP contribution in [-0.4, -0.2) is 41.0 Å². The van der Waals surface area contributed by atoms with Crippen molar-refractivity contribution in [1.82, 2.24) is 4.90 Å². The maximum absolute atomic E-state index is 12.0. The van der Waals surface area contributed by atoms with Gasteiger partial charge in [-0.05, 0) is 53.4 Å². The fourth-order valence-corrected chi connectivity index (χ4v) is 2.47. The Morgan fingerprint density at radius 2 is 2.00 bits per heavy atom. The first-order valence-corrected chi connectivity index (χ1v) is 7.31. The summed E-state index contributed by atoms with van der Waals surface area (Å²) in [4.78, 5) is 25.5. The number of aliphatic hydroxyl groups excluding tert-OH is 1. The number of amides is 2. The Bertz CT molecular complexity index is 525. The monoisotopic (exact) mass is 340 g/mol. The molecule has 1 aliphatic rings. The van der Waals surface area contributed by atoms with Crippen molar-refractivity contribution in [3.05, 3.63) is 28.2 Å². The maximum Gasteiger partial charge on any atom is 0.313 e. The molecule has 20 heavy (non-hydrogen) atoms. The number of rotatable bonds is 1. The summed E-state index contributed by atoms with van der Waals surface area (Å²) in [6.45, 7) is 2.75. The number of carbonyl (C=O) groups is 2. The quantitative estimate of drug-likeness (QED) is 0.764. The Morgan fingerprint density at radius 1 is 1.35 bits per heavy atom. The largest absolute Gasteiger partial charge is 0.393 e. The minimum absolute atomic E-state index is 0.368. The first-order chi connectivity index (χ1) is 9.47. The summed E-state index contributed by atoms with van der Waals surface area (Å²) in [5.74, 6) is -1.20. The summed E-state index contributed by atoms with van der Waals surface area (Å²) < 4.78 is 0.735. The lowest BCUT2D eigenvalue weighted by molar-refractivity contribution is -0.144. The van der Waals surface area contributed by atoms with Crippen LogP contribution in [0.3, 0.4) is 0 Å². The standard InChI is InChI=1S/C14H17BrN2O3/c1-9-2-3-11(15)12(8-9)16-13(19)14(20)17-6-4-10(18)5-7-17/h2-3,8,10,18H,4-7H2,1H3,(H,16,19). The molecular weight excluding hydrogens is 324 g/mol. The fourth-order valence-electron chi connectivity index (χ4n) is 2.12. The van der Waals surface area contributed by atoms with E-state index >= 15 is 0 Å². The summed E-state index contributed by atoms with van der Waals surface area (Å²) >= 11 is 3.34. The number of likely N-dealkylation sites (tertiary alicyclic amines) is 1. The Kier molecular flexibility index (Phi) is 4.77. The Morgan fingerprint density at radius 3 is 2.65 bits per heavy atom. The van der Waals surface area contributed by atoms with E-state index in [-0.39, 0.29) is 6.10 Å². The van der Waals surface area contributed by atoms with E-state index in [4.69, 9.17) is 0 Å². The molecule has 6 heteroatoms. The van der Waals surface area contributed by atoms with Crippen LogP contribution in [-0.2, 0) is 9.59 Å². The van der Waals surface area contributed by atoms with Crippen molar-refractivity contribution in [2.75, 3.05) is 18.4 Å². The number of benzene rings is 1. The molecular formula is C14H17BrN2O3. The van der Waals surface area contributed by atoms with Gasteiger partial charge in [0.15, 0.2) is 0 Å². The van der Waals surface area contributed by atoms with Crippen LogP contribution in [0, 0.1) is 6.92 Å². The lowest BCUT2D eigenvalue weighted by Crippen LogP contribution is -2.45. The predicted octanol–water partition coefficient (Wildman–Crippen LogP) is 1.68. The lowest BCUT2D eigenvalue weighted by Gasteiger charge is -2.29. The summed E-state index contributed by atoms with van der Waals surface area (Å²) in [7, 11) is 0. The molecule has 1 fully saturated rings. The van der Waals surface area contributed by atoms with Crippen molar-refractivity contribution in [3.63, 3.8) is 0 Å². The van der Waals surface area contributed by atoms with E-state index in [2.05, 4.69) is 21.2 Å². The van der Waals surface area contributed by atoms with Gasteiger partial charge in [0.25, 0.3) is 0 Å². The van der Waals surface area contributed by atoms with Crippen molar-refractivity contribution in [3.8, 4) is 0 Å². The molecule has 2 N–H and O–H groups in total. The van der Waals surface area contributed by atoms with E-state index in [0.29, 0.717) is 31.6 Å². The number of anilines is 1. The van der Waals surface area contributed by atoms with Crippen LogP contribution in [0.4, 0.5) is 5.69 Å². The number of hydrogen-bond donors (Lipinski definition) is 2. The Balaban J connectivity index is 2.01. The second-order valence-corrected chi connectivity index (χ2v) is 5.82. The molecule has 0 radical (unpaired) electrons. The van der Waals surface area contributed by atoms with E-state index in [1.165, 1.54) is 4.90 Å². The van der Waals surface area contributed by atoms with E-state index < -0.39 is 11.8 Å². The van der Waals surface area contributed by atoms with Crippen molar-refractivity contribution in [2.45, 2.75) is 25.9 Å².